The van der Waals surface area contributed by atoms with Gasteiger partial charge in [-0.1, -0.05) is 12.1 Å². The molecule has 0 unspecified atom stereocenters. The zero-order valence-corrected chi connectivity index (χ0v) is 17.3. The molecule has 1 aromatic carbocycles. The summed E-state index contributed by atoms with van der Waals surface area (Å²) < 4.78 is 5.25. The third-order valence-corrected chi connectivity index (χ3v) is 5.94. The van der Waals surface area contributed by atoms with Crippen molar-refractivity contribution in [2.24, 2.45) is 5.73 Å². The van der Waals surface area contributed by atoms with Gasteiger partial charge in [0.05, 0.1) is 12.7 Å². The number of nitrogens with two attached hydrogens (primary N) is 1. The highest BCUT2D eigenvalue weighted by Crippen LogP contribution is 2.36. The summed E-state index contributed by atoms with van der Waals surface area (Å²) in [6.07, 6.45) is 1.26. The van der Waals surface area contributed by atoms with Gasteiger partial charge in [0, 0.05) is 24.0 Å². The number of anilines is 1. The number of carboxylic acid groups (broad SMARTS) is 1. The van der Waals surface area contributed by atoms with Crippen LogP contribution in [0.1, 0.15) is 29.6 Å². The first-order chi connectivity index (χ1) is 14.4. The summed E-state index contributed by atoms with van der Waals surface area (Å²) in [5.41, 5.74) is 6.39. The predicted molar refractivity (Wildman–Crippen MR) is 114 cm³/mol. The Morgan fingerprint density at radius 3 is 2.77 bits per heavy atom. The van der Waals surface area contributed by atoms with Crippen LogP contribution in [0.3, 0.4) is 0 Å². The maximum atomic E-state index is 13.0. The summed E-state index contributed by atoms with van der Waals surface area (Å²) in [7, 11) is 1.57. The van der Waals surface area contributed by atoms with Crippen LogP contribution in [-0.2, 0) is 0 Å². The lowest BCUT2D eigenvalue weighted by atomic mass is 10.1. The Kier molecular flexibility index (Phi) is 6.78. The van der Waals surface area contributed by atoms with Gasteiger partial charge in [-0.25, -0.2) is 9.59 Å². The van der Waals surface area contributed by atoms with Crippen molar-refractivity contribution in [3.8, 4) is 16.2 Å². The van der Waals surface area contributed by atoms with Crippen molar-refractivity contribution in [1.29, 1.82) is 0 Å². The van der Waals surface area contributed by atoms with E-state index in [1.807, 2.05) is 24.3 Å². The van der Waals surface area contributed by atoms with Gasteiger partial charge < -0.3 is 25.8 Å². The maximum absolute atomic E-state index is 13.0. The molecule has 160 valence electrons. The molecule has 3 rings (SSSR count). The number of hydrogen-bond acceptors (Lipinski definition) is 5. The average molecular weight is 433 g/mol. The van der Waals surface area contributed by atoms with E-state index in [1.165, 1.54) is 16.2 Å². The summed E-state index contributed by atoms with van der Waals surface area (Å²) in [4.78, 5) is 37.8. The maximum Gasteiger partial charge on any atom is 0.407 e. The van der Waals surface area contributed by atoms with Gasteiger partial charge in [-0.15, -0.1) is 11.3 Å². The number of hydrogen-bond donors (Lipinski definition) is 4. The van der Waals surface area contributed by atoms with Crippen LogP contribution in [0.5, 0.6) is 5.75 Å². The number of thiophene rings is 1. The Morgan fingerprint density at radius 2 is 2.07 bits per heavy atom. The van der Waals surface area contributed by atoms with Crippen molar-refractivity contribution in [1.82, 2.24) is 10.2 Å². The molecular weight excluding hydrogens is 408 g/mol. The van der Waals surface area contributed by atoms with Gasteiger partial charge >= 0.3 is 12.1 Å². The van der Waals surface area contributed by atoms with Gasteiger partial charge in [-0.05, 0) is 43.0 Å². The molecule has 2 heterocycles. The number of rotatable bonds is 5. The second kappa shape index (κ2) is 9.49. The zero-order valence-electron chi connectivity index (χ0n) is 16.5. The molecule has 1 aliphatic rings. The first kappa shape index (κ1) is 21.4. The second-order valence-corrected chi connectivity index (χ2v) is 8.02. The minimum Gasteiger partial charge on any atom is -0.497 e. The highest BCUT2D eigenvalue weighted by atomic mass is 32.1. The standard InChI is InChI=1S/C20H24N4O5S/c1-29-14-7-4-5-12(9-14)16-10-15(18(30-16)23-19(21)26)17(25)22-13-6-2-3-8-24(11-13)20(27)28/h4-5,7,9-10,13H,2-3,6,8,11H2,1H3,(H,22,25)(H,27,28)(H3,21,23,26)/t13-/m0/s1. The lowest BCUT2D eigenvalue weighted by Gasteiger charge is -2.22. The number of urea groups is 1. The van der Waals surface area contributed by atoms with E-state index < -0.39 is 12.1 Å². The minimum atomic E-state index is -0.997. The number of nitrogens with one attached hydrogen (secondary N) is 2. The second-order valence-electron chi connectivity index (χ2n) is 6.97. The van der Waals surface area contributed by atoms with E-state index in [4.69, 9.17) is 10.5 Å². The van der Waals surface area contributed by atoms with Crippen LogP contribution in [0.2, 0.25) is 0 Å². The molecule has 1 fully saturated rings. The molecule has 0 bridgehead atoms. The first-order valence-electron chi connectivity index (χ1n) is 9.51. The third kappa shape index (κ3) is 5.20. The Bertz CT molecular complexity index is 945. The van der Waals surface area contributed by atoms with E-state index >= 15 is 0 Å². The van der Waals surface area contributed by atoms with Crippen molar-refractivity contribution in [2.45, 2.75) is 25.3 Å². The van der Waals surface area contributed by atoms with Gasteiger partial charge in [-0.3, -0.25) is 10.1 Å². The first-order valence-corrected chi connectivity index (χ1v) is 10.3. The fraction of sp³-hybridized carbons (Fsp3) is 0.350. The fourth-order valence-electron chi connectivity index (χ4n) is 3.38. The van der Waals surface area contributed by atoms with Gasteiger partial charge in [0.1, 0.15) is 10.8 Å². The van der Waals surface area contributed by atoms with Gasteiger partial charge in [0.15, 0.2) is 0 Å². The van der Waals surface area contributed by atoms with E-state index in [-0.39, 0.29) is 24.1 Å². The van der Waals surface area contributed by atoms with Crippen LogP contribution in [0.25, 0.3) is 10.4 Å². The molecule has 10 heteroatoms. The Labute approximate surface area is 177 Å². The Morgan fingerprint density at radius 1 is 1.27 bits per heavy atom. The van der Waals surface area contributed by atoms with Crippen molar-refractivity contribution >= 4 is 34.4 Å². The largest absolute Gasteiger partial charge is 0.497 e. The van der Waals surface area contributed by atoms with Crippen LogP contribution >= 0.6 is 11.3 Å². The van der Waals surface area contributed by atoms with Crippen molar-refractivity contribution in [3.63, 3.8) is 0 Å². The quantitative estimate of drug-likeness (QED) is 0.576. The third-order valence-electron chi connectivity index (χ3n) is 4.84. The van der Waals surface area contributed by atoms with Crippen molar-refractivity contribution < 1.29 is 24.2 Å². The average Bonchev–Trinajstić information content (AvgIpc) is 2.98. The summed E-state index contributed by atoms with van der Waals surface area (Å²) in [6, 6.07) is 7.96. The Balaban J connectivity index is 1.85. The molecule has 1 atom stereocenters. The fourth-order valence-corrected chi connectivity index (χ4v) is 4.43. The van der Waals surface area contributed by atoms with E-state index in [0.29, 0.717) is 23.7 Å². The molecule has 1 saturated heterocycles. The number of nitrogens with zero attached hydrogens (tertiary/aromatic N) is 1. The summed E-state index contributed by atoms with van der Waals surface area (Å²) in [5, 5.41) is 15.0. The molecule has 0 spiro atoms. The highest BCUT2D eigenvalue weighted by Gasteiger charge is 2.25. The number of ether oxygens (including phenoxy) is 1. The number of carbonyl (C=O) groups excluding carboxylic acids is 2. The van der Waals surface area contributed by atoms with Crippen LogP contribution in [0, 0.1) is 0 Å². The molecule has 5 N–H and O–H groups in total. The van der Waals surface area contributed by atoms with Crippen molar-refractivity contribution in [3.05, 3.63) is 35.9 Å². The topological polar surface area (TPSA) is 134 Å². The summed E-state index contributed by atoms with van der Waals surface area (Å²) >= 11 is 1.23. The van der Waals surface area contributed by atoms with Crippen molar-refractivity contribution in [2.75, 3.05) is 25.5 Å². The van der Waals surface area contributed by atoms with Crippen LogP contribution in [0.4, 0.5) is 14.6 Å². The molecule has 30 heavy (non-hydrogen) atoms. The monoisotopic (exact) mass is 432 g/mol. The number of primary amides is 1. The Hall–Kier alpha value is -3.27. The van der Waals surface area contributed by atoms with Crippen LogP contribution in [0.15, 0.2) is 30.3 Å². The number of benzene rings is 1. The van der Waals surface area contributed by atoms with Crippen LogP contribution in [-0.4, -0.2) is 54.3 Å². The van der Waals surface area contributed by atoms with E-state index in [9.17, 15) is 19.5 Å². The molecule has 4 amide bonds. The minimum absolute atomic E-state index is 0.229. The van der Waals surface area contributed by atoms with Gasteiger partial charge in [0.2, 0.25) is 0 Å². The molecule has 2 aromatic rings. The predicted octanol–water partition coefficient (Wildman–Crippen LogP) is 3.18. The molecule has 9 nitrogen and oxygen atoms in total. The smallest absolute Gasteiger partial charge is 0.407 e. The highest BCUT2D eigenvalue weighted by molar-refractivity contribution is 7.20. The number of methoxy groups -OCH3 is 1. The number of amides is 4. The zero-order chi connectivity index (χ0) is 21.7. The number of likely N-dealkylation sites (tertiary alicyclic amines) is 1. The molecule has 0 radical (unpaired) electrons. The van der Waals surface area contributed by atoms with E-state index in [1.54, 1.807) is 13.2 Å². The molecule has 1 aromatic heterocycles. The van der Waals surface area contributed by atoms with Crippen LogP contribution < -0.4 is 21.1 Å². The molecule has 0 saturated carbocycles. The SMILES string of the molecule is COc1cccc(-c2cc(C(=O)N[C@H]3CCCCN(C(=O)O)C3)c(NC(N)=O)s2)c1. The van der Waals surface area contributed by atoms with E-state index in [0.717, 1.165) is 23.3 Å². The van der Waals surface area contributed by atoms with Gasteiger partial charge in [-0.2, -0.15) is 0 Å². The summed E-state index contributed by atoms with van der Waals surface area (Å²) in [6.45, 7) is 0.682. The van der Waals surface area contributed by atoms with Gasteiger partial charge in [0.25, 0.3) is 5.91 Å². The lowest BCUT2D eigenvalue weighted by Crippen LogP contribution is -2.44. The normalized spacial score (nSPS) is 16.4. The molecular formula is C20H24N4O5S. The molecule has 0 aliphatic carbocycles. The number of carbonyl (C=O) groups is 3. The molecule has 1 aliphatic heterocycles. The summed E-state index contributed by atoms with van der Waals surface area (Å²) in [5.74, 6) is 0.282. The lowest BCUT2D eigenvalue weighted by molar-refractivity contribution is 0.0921. The van der Waals surface area contributed by atoms with E-state index in [2.05, 4.69) is 10.6 Å².